The van der Waals surface area contributed by atoms with Crippen LogP contribution in [0.1, 0.15) is 6.92 Å². The van der Waals surface area contributed by atoms with E-state index in [9.17, 15) is 4.79 Å². The van der Waals surface area contributed by atoms with E-state index in [1.165, 1.54) is 11.8 Å². The third-order valence-electron chi connectivity index (χ3n) is 2.10. The molecule has 0 spiro atoms. The molecule has 0 aromatic rings. The van der Waals surface area contributed by atoms with Gasteiger partial charge in [0.25, 0.3) is 0 Å². The molecule has 0 aromatic carbocycles. The predicted molar refractivity (Wildman–Crippen MR) is 48.1 cm³/mol. The van der Waals surface area contributed by atoms with E-state index in [4.69, 9.17) is 11.1 Å². The zero-order valence-electron chi connectivity index (χ0n) is 7.61. The molecule has 1 saturated heterocycles. The molecule has 0 bridgehead atoms. The summed E-state index contributed by atoms with van der Waals surface area (Å²) in [4.78, 5) is 17.8. The molecule has 1 fully saturated rings. The van der Waals surface area contributed by atoms with Gasteiger partial charge in [0.05, 0.1) is 12.1 Å². The largest absolute Gasteiger partial charge is 0.342 e. The Labute approximate surface area is 79.7 Å². The van der Waals surface area contributed by atoms with E-state index in [2.05, 4.69) is 20.1 Å². The summed E-state index contributed by atoms with van der Waals surface area (Å²) < 4.78 is 0. The van der Waals surface area contributed by atoms with Gasteiger partial charge in [-0.15, -0.1) is 0 Å². The van der Waals surface area contributed by atoms with Gasteiger partial charge in [0.15, 0.2) is 0 Å². The minimum atomic E-state index is -0.445. The van der Waals surface area contributed by atoms with E-state index < -0.39 is 12.1 Å². The van der Waals surface area contributed by atoms with Gasteiger partial charge in [-0.25, -0.2) is 0 Å². The van der Waals surface area contributed by atoms with Crippen LogP contribution in [0.25, 0.3) is 20.9 Å². The molecular weight excluding hydrogens is 186 g/mol. The molecule has 0 radical (unpaired) electrons. The average molecular weight is 195 g/mol. The van der Waals surface area contributed by atoms with Crippen LogP contribution in [-0.2, 0) is 4.79 Å². The highest BCUT2D eigenvalue weighted by molar-refractivity contribution is 5.73. The minimum absolute atomic E-state index is 0.112. The SMILES string of the molecule is CC(=O)N1C[C@H](N=[N+]=[N-])[C@H](N=[N+]=[N-])C1. The van der Waals surface area contributed by atoms with E-state index in [-0.39, 0.29) is 5.91 Å². The molecule has 1 aliphatic rings. The van der Waals surface area contributed by atoms with Gasteiger partial charge >= 0.3 is 0 Å². The van der Waals surface area contributed by atoms with E-state index >= 15 is 0 Å². The molecule has 0 unspecified atom stereocenters. The van der Waals surface area contributed by atoms with Crippen molar-refractivity contribution < 1.29 is 4.79 Å². The van der Waals surface area contributed by atoms with Crippen LogP contribution in [0.3, 0.4) is 0 Å². The number of nitrogens with zero attached hydrogens (tertiary/aromatic N) is 7. The highest BCUT2D eigenvalue weighted by Gasteiger charge is 2.32. The maximum Gasteiger partial charge on any atom is 0.219 e. The van der Waals surface area contributed by atoms with Crippen LogP contribution >= 0.6 is 0 Å². The van der Waals surface area contributed by atoms with Gasteiger partial charge in [0.1, 0.15) is 0 Å². The topological polar surface area (TPSA) is 118 Å². The van der Waals surface area contributed by atoms with Gasteiger partial charge in [0.2, 0.25) is 5.91 Å². The Kier molecular flexibility index (Phi) is 3.17. The number of carbonyl (C=O) groups is 1. The lowest BCUT2D eigenvalue weighted by Crippen LogP contribution is -2.26. The molecule has 1 heterocycles. The Bertz CT molecular complexity index is 301. The molecule has 0 saturated carbocycles. The fourth-order valence-corrected chi connectivity index (χ4v) is 1.39. The summed E-state index contributed by atoms with van der Waals surface area (Å²) in [5.74, 6) is -0.112. The summed E-state index contributed by atoms with van der Waals surface area (Å²) in [5, 5.41) is 6.96. The first-order valence-corrected chi connectivity index (χ1v) is 4.03. The highest BCUT2D eigenvalue weighted by atomic mass is 16.2. The van der Waals surface area contributed by atoms with Crippen molar-refractivity contribution in [2.75, 3.05) is 13.1 Å². The number of likely N-dealkylation sites (tertiary alicyclic amines) is 1. The number of rotatable bonds is 2. The smallest absolute Gasteiger partial charge is 0.219 e. The molecule has 0 aliphatic carbocycles. The summed E-state index contributed by atoms with van der Waals surface area (Å²) in [6.07, 6.45) is 0. The van der Waals surface area contributed by atoms with Crippen LogP contribution in [0.15, 0.2) is 10.2 Å². The molecule has 8 nitrogen and oxygen atoms in total. The second-order valence-corrected chi connectivity index (χ2v) is 2.97. The minimum Gasteiger partial charge on any atom is -0.342 e. The van der Waals surface area contributed by atoms with E-state index in [0.717, 1.165) is 0 Å². The Morgan fingerprint density at radius 2 is 1.71 bits per heavy atom. The van der Waals surface area contributed by atoms with Crippen molar-refractivity contribution >= 4 is 5.91 Å². The van der Waals surface area contributed by atoms with Crippen molar-refractivity contribution in [1.29, 1.82) is 0 Å². The molecule has 0 N–H and O–H groups in total. The Hall–Kier alpha value is -1.91. The van der Waals surface area contributed by atoms with Gasteiger partial charge in [-0.3, -0.25) is 4.79 Å². The molecule has 14 heavy (non-hydrogen) atoms. The van der Waals surface area contributed by atoms with E-state index in [1.54, 1.807) is 0 Å². The van der Waals surface area contributed by atoms with Crippen LogP contribution in [-0.4, -0.2) is 36.0 Å². The molecule has 8 heteroatoms. The zero-order chi connectivity index (χ0) is 10.6. The van der Waals surface area contributed by atoms with Crippen molar-refractivity contribution in [2.45, 2.75) is 19.0 Å². The highest BCUT2D eigenvalue weighted by Crippen LogP contribution is 2.17. The first-order chi connectivity index (χ1) is 6.69. The summed E-state index contributed by atoms with van der Waals surface area (Å²) in [5.41, 5.74) is 16.5. The summed E-state index contributed by atoms with van der Waals surface area (Å²) in [6, 6.07) is -0.889. The summed E-state index contributed by atoms with van der Waals surface area (Å²) in [7, 11) is 0. The quantitative estimate of drug-likeness (QED) is 0.367. The second-order valence-electron chi connectivity index (χ2n) is 2.97. The van der Waals surface area contributed by atoms with Crippen LogP contribution in [0.4, 0.5) is 0 Å². The summed E-state index contributed by atoms with van der Waals surface area (Å²) >= 11 is 0. The van der Waals surface area contributed by atoms with Crippen molar-refractivity contribution in [1.82, 2.24) is 4.90 Å². The van der Waals surface area contributed by atoms with E-state index in [1.807, 2.05) is 0 Å². The van der Waals surface area contributed by atoms with Crippen LogP contribution in [0.5, 0.6) is 0 Å². The third-order valence-corrected chi connectivity index (χ3v) is 2.10. The molecule has 1 rings (SSSR count). The lowest BCUT2D eigenvalue weighted by Gasteiger charge is -2.11. The summed E-state index contributed by atoms with van der Waals surface area (Å²) in [6.45, 7) is 2.07. The Morgan fingerprint density at radius 1 is 1.29 bits per heavy atom. The number of hydrogen-bond acceptors (Lipinski definition) is 3. The second kappa shape index (κ2) is 4.36. The van der Waals surface area contributed by atoms with Crippen molar-refractivity contribution in [2.24, 2.45) is 10.2 Å². The third kappa shape index (κ3) is 2.07. The molecule has 0 aromatic heterocycles. The van der Waals surface area contributed by atoms with Crippen LogP contribution in [0.2, 0.25) is 0 Å². The van der Waals surface area contributed by atoms with Crippen LogP contribution in [0, 0.1) is 0 Å². The lowest BCUT2D eigenvalue weighted by atomic mass is 10.2. The van der Waals surface area contributed by atoms with Gasteiger partial charge < -0.3 is 4.90 Å². The Balaban J connectivity index is 2.79. The van der Waals surface area contributed by atoms with Gasteiger partial charge in [0, 0.05) is 29.8 Å². The molecule has 74 valence electrons. The standard InChI is InChI=1S/C6H9N7O/c1-4(14)13-2-5(9-11-7)6(3-13)10-12-8/h5-6H,2-3H2,1H3/t5-,6+. The van der Waals surface area contributed by atoms with Crippen molar-refractivity contribution in [3.05, 3.63) is 20.9 Å². The molecular formula is C6H9N7O. The first-order valence-electron chi connectivity index (χ1n) is 4.03. The molecule has 2 atom stereocenters. The van der Waals surface area contributed by atoms with Gasteiger partial charge in [-0.1, -0.05) is 10.2 Å². The Morgan fingerprint density at radius 3 is 2.00 bits per heavy atom. The number of amides is 1. The first kappa shape index (κ1) is 10.2. The van der Waals surface area contributed by atoms with Crippen LogP contribution < -0.4 is 0 Å². The number of azide groups is 2. The molecule has 1 aliphatic heterocycles. The fourth-order valence-electron chi connectivity index (χ4n) is 1.39. The van der Waals surface area contributed by atoms with Crippen molar-refractivity contribution in [3.63, 3.8) is 0 Å². The fraction of sp³-hybridized carbons (Fsp3) is 0.833. The normalized spacial score (nSPS) is 25.1. The van der Waals surface area contributed by atoms with Gasteiger partial charge in [-0.05, 0) is 11.1 Å². The molecule has 1 amide bonds. The van der Waals surface area contributed by atoms with Gasteiger partial charge in [-0.2, -0.15) is 0 Å². The van der Waals surface area contributed by atoms with E-state index in [0.29, 0.717) is 13.1 Å². The number of hydrogen-bond donors (Lipinski definition) is 0. The monoisotopic (exact) mass is 195 g/mol. The predicted octanol–water partition coefficient (Wildman–Crippen LogP) is 1.21. The maximum atomic E-state index is 11.0. The zero-order valence-corrected chi connectivity index (χ0v) is 7.61. The average Bonchev–Trinajstić information content (AvgIpc) is 2.50. The lowest BCUT2D eigenvalue weighted by molar-refractivity contribution is -0.127. The van der Waals surface area contributed by atoms with Crippen molar-refractivity contribution in [3.8, 4) is 0 Å². The number of carbonyl (C=O) groups excluding carboxylic acids is 1. The maximum absolute atomic E-state index is 11.0.